The molecule has 0 aromatic heterocycles. The molecule has 0 bridgehead atoms. The lowest BCUT2D eigenvalue weighted by molar-refractivity contribution is -0.123. The van der Waals surface area contributed by atoms with Crippen LogP contribution in [0.25, 0.3) is 0 Å². The van der Waals surface area contributed by atoms with E-state index < -0.39 is 18.0 Å². The monoisotopic (exact) mass is 377 g/mol. The minimum Gasteiger partial charge on any atom is -0.449 e. The number of nitrogens with two attached hydrogens (primary N) is 1. The van der Waals surface area contributed by atoms with Crippen LogP contribution < -0.4 is 11.1 Å². The largest absolute Gasteiger partial charge is 0.449 e. The second kappa shape index (κ2) is 7.88. The summed E-state index contributed by atoms with van der Waals surface area (Å²) in [6.07, 6.45) is -1.10. The van der Waals surface area contributed by atoms with Crippen molar-refractivity contribution in [1.29, 1.82) is 5.26 Å². The van der Waals surface area contributed by atoms with Crippen molar-refractivity contribution in [2.75, 3.05) is 11.1 Å². The minimum atomic E-state index is -1.10. The number of anilines is 2. The van der Waals surface area contributed by atoms with E-state index in [1.807, 2.05) is 6.07 Å². The number of benzene rings is 2. The Morgan fingerprint density at radius 1 is 1.28 bits per heavy atom. The van der Waals surface area contributed by atoms with Gasteiger partial charge in [0.05, 0.1) is 27.9 Å². The van der Waals surface area contributed by atoms with Gasteiger partial charge in [-0.1, -0.05) is 29.3 Å². The molecule has 0 saturated carbocycles. The highest BCUT2D eigenvalue weighted by molar-refractivity contribution is 6.37. The maximum absolute atomic E-state index is 12.2. The molecule has 0 radical (unpaired) electrons. The molecule has 1 amide bonds. The van der Waals surface area contributed by atoms with Crippen molar-refractivity contribution < 1.29 is 14.3 Å². The van der Waals surface area contributed by atoms with Gasteiger partial charge in [-0.05, 0) is 37.3 Å². The summed E-state index contributed by atoms with van der Waals surface area (Å²) in [6, 6.07) is 11.0. The SMILES string of the molecule is C[C@@H](OC(=O)c1cc(Cl)cc(Cl)c1N)C(=O)Nc1cccc(C#N)c1. The number of hydrogen-bond acceptors (Lipinski definition) is 5. The predicted molar refractivity (Wildman–Crippen MR) is 95.5 cm³/mol. The molecule has 0 aliphatic heterocycles. The molecule has 6 nitrogen and oxygen atoms in total. The molecule has 0 unspecified atom stereocenters. The van der Waals surface area contributed by atoms with Crippen LogP contribution in [0.15, 0.2) is 36.4 Å². The number of carbonyl (C=O) groups is 2. The van der Waals surface area contributed by atoms with Crippen molar-refractivity contribution in [3.8, 4) is 6.07 Å². The molecule has 0 heterocycles. The van der Waals surface area contributed by atoms with Crippen LogP contribution in [0.5, 0.6) is 0 Å². The zero-order chi connectivity index (χ0) is 18.6. The summed E-state index contributed by atoms with van der Waals surface area (Å²) in [6.45, 7) is 1.41. The third kappa shape index (κ3) is 4.63. The zero-order valence-electron chi connectivity index (χ0n) is 13.0. The Kier molecular flexibility index (Phi) is 5.86. The van der Waals surface area contributed by atoms with E-state index in [0.717, 1.165) is 0 Å². The van der Waals surface area contributed by atoms with Crippen LogP contribution in [0.2, 0.25) is 10.0 Å². The van der Waals surface area contributed by atoms with Gasteiger partial charge in [0, 0.05) is 10.7 Å². The van der Waals surface area contributed by atoms with Crippen molar-refractivity contribution >= 4 is 46.5 Å². The molecule has 2 aromatic rings. The number of rotatable bonds is 4. The fourth-order valence-corrected chi connectivity index (χ4v) is 2.44. The molecule has 25 heavy (non-hydrogen) atoms. The fourth-order valence-electron chi connectivity index (χ4n) is 1.94. The highest BCUT2D eigenvalue weighted by Gasteiger charge is 2.22. The maximum Gasteiger partial charge on any atom is 0.341 e. The Hall–Kier alpha value is -2.75. The number of nitrogens with zero attached hydrogens (tertiary/aromatic N) is 1. The van der Waals surface area contributed by atoms with E-state index in [2.05, 4.69) is 5.32 Å². The Labute approximate surface area is 154 Å². The van der Waals surface area contributed by atoms with Gasteiger partial charge in [-0.15, -0.1) is 0 Å². The van der Waals surface area contributed by atoms with Crippen LogP contribution in [-0.2, 0) is 9.53 Å². The zero-order valence-corrected chi connectivity index (χ0v) is 14.6. The number of halogens is 2. The number of nitrogen functional groups attached to an aromatic ring is 1. The van der Waals surface area contributed by atoms with E-state index in [9.17, 15) is 9.59 Å². The number of nitrogens with one attached hydrogen (secondary N) is 1. The fraction of sp³-hybridized carbons (Fsp3) is 0.118. The number of esters is 1. The standard InChI is InChI=1S/C17H13Cl2N3O3/c1-9(16(23)22-12-4-2-3-10(5-12)8-20)25-17(24)13-6-11(18)7-14(19)15(13)21/h2-7,9H,21H2,1H3,(H,22,23)/t9-/m1/s1. The van der Waals surface area contributed by atoms with Crippen molar-refractivity contribution in [2.45, 2.75) is 13.0 Å². The van der Waals surface area contributed by atoms with Crippen molar-refractivity contribution in [3.63, 3.8) is 0 Å². The number of nitriles is 1. The third-order valence-electron chi connectivity index (χ3n) is 3.23. The summed E-state index contributed by atoms with van der Waals surface area (Å²) in [5.74, 6) is -1.38. The highest BCUT2D eigenvalue weighted by Crippen LogP contribution is 2.28. The lowest BCUT2D eigenvalue weighted by Crippen LogP contribution is -2.30. The van der Waals surface area contributed by atoms with E-state index in [-0.39, 0.29) is 21.3 Å². The average Bonchev–Trinajstić information content (AvgIpc) is 2.57. The molecule has 0 spiro atoms. The van der Waals surface area contributed by atoms with Gasteiger partial charge in [-0.2, -0.15) is 5.26 Å². The molecule has 2 rings (SSSR count). The first-order valence-electron chi connectivity index (χ1n) is 7.08. The molecular formula is C17H13Cl2N3O3. The number of hydrogen-bond donors (Lipinski definition) is 2. The molecule has 0 fully saturated rings. The van der Waals surface area contributed by atoms with E-state index in [1.165, 1.54) is 25.1 Å². The first kappa shape index (κ1) is 18.6. The predicted octanol–water partition coefficient (Wildman–Crippen LogP) is 3.63. The molecule has 8 heteroatoms. The Morgan fingerprint density at radius 2 is 2.00 bits per heavy atom. The van der Waals surface area contributed by atoms with Crippen LogP contribution in [0, 0.1) is 11.3 Å². The first-order chi connectivity index (χ1) is 11.8. The average molecular weight is 378 g/mol. The number of amides is 1. The summed E-state index contributed by atoms with van der Waals surface area (Å²) < 4.78 is 5.10. The van der Waals surface area contributed by atoms with Crippen molar-refractivity contribution in [2.24, 2.45) is 0 Å². The van der Waals surface area contributed by atoms with Crippen molar-refractivity contribution in [1.82, 2.24) is 0 Å². The summed E-state index contributed by atoms with van der Waals surface area (Å²) in [7, 11) is 0. The quantitative estimate of drug-likeness (QED) is 0.624. The van der Waals surface area contributed by atoms with E-state index in [4.69, 9.17) is 38.9 Å². The summed E-state index contributed by atoms with van der Waals surface area (Å²) in [5.41, 5.74) is 6.54. The van der Waals surface area contributed by atoms with Crippen LogP contribution in [0.4, 0.5) is 11.4 Å². The Bertz CT molecular complexity index is 878. The maximum atomic E-state index is 12.2. The normalized spacial score (nSPS) is 11.3. The van der Waals surface area contributed by atoms with Crippen LogP contribution >= 0.6 is 23.2 Å². The lowest BCUT2D eigenvalue weighted by Gasteiger charge is -2.15. The van der Waals surface area contributed by atoms with Gasteiger partial charge in [0.2, 0.25) is 0 Å². The van der Waals surface area contributed by atoms with Gasteiger partial charge in [0.25, 0.3) is 5.91 Å². The minimum absolute atomic E-state index is 0.0189. The second-order valence-electron chi connectivity index (χ2n) is 5.08. The van der Waals surface area contributed by atoms with Gasteiger partial charge in [-0.25, -0.2) is 4.79 Å². The van der Waals surface area contributed by atoms with Gasteiger partial charge in [-0.3, -0.25) is 4.79 Å². The summed E-state index contributed by atoms with van der Waals surface area (Å²) in [5, 5.41) is 11.8. The van der Waals surface area contributed by atoms with Gasteiger partial charge in [0.15, 0.2) is 6.10 Å². The Morgan fingerprint density at radius 3 is 2.68 bits per heavy atom. The molecule has 128 valence electrons. The lowest BCUT2D eigenvalue weighted by atomic mass is 10.2. The van der Waals surface area contributed by atoms with Crippen LogP contribution in [0.1, 0.15) is 22.8 Å². The second-order valence-corrected chi connectivity index (χ2v) is 5.92. The van der Waals surface area contributed by atoms with Gasteiger partial charge >= 0.3 is 5.97 Å². The molecule has 1 atom stereocenters. The summed E-state index contributed by atoms with van der Waals surface area (Å²) in [4.78, 5) is 24.3. The molecule has 3 N–H and O–H groups in total. The van der Waals surface area contributed by atoms with E-state index in [0.29, 0.717) is 11.3 Å². The Balaban J connectivity index is 2.08. The first-order valence-corrected chi connectivity index (χ1v) is 7.84. The van der Waals surface area contributed by atoms with Gasteiger partial charge < -0.3 is 15.8 Å². The van der Waals surface area contributed by atoms with Crippen LogP contribution in [-0.4, -0.2) is 18.0 Å². The highest BCUT2D eigenvalue weighted by atomic mass is 35.5. The van der Waals surface area contributed by atoms with Crippen LogP contribution in [0.3, 0.4) is 0 Å². The van der Waals surface area contributed by atoms with Crippen molar-refractivity contribution in [3.05, 3.63) is 57.6 Å². The van der Waals surface area contributed by atoms with E-state index in [1.54, 1.807) is 18.2 Å². The smallest absolute Gasteiger partial charge is 0.341 e. The number of ether oxygens (including phenoxy) is 1. The molecular weight excluding hydrogens is 365 g/mol. The third-order valence-corrected chi connectivity index (χ3v) is 3.76. The number of carbonyl (C=O) groups excluding carboxylic acids is 2. The van der Waals surface area contributed by atoms with Gasteiger partial charge in [0.1, 0.15) is 0 Å². The molecule has 0 aliphatic carbocycles. The summed E-state index contributed by atoms with van der Waals surface area (Å²) >= 11 is 11.7. The molecule has 0 aliphatic rings. The topological polar surface area (TPSA) is 105 Å². The molecule has 2 aromatic carbocycles. The molecule has 0 saturated heterocycles. The van der Waals surface area contributed by atoms with E-state index >= 15 is 0 Å².